The number of rotatable bonds is 4. The third-order valence-corrected chi connectivity index (χ3v) is 3.41. The van der Waals surface area contributed by atoms with Crippen LogP contribution < -0.4 is 9.80 Å². The number of hydrogen-bond acceptors (Lipinski definition) is 3. The maximum atomic E-state index is 11.9. The van der Waals surface area contributed by atoms with Crippen molar-refractivity contribution >= 4 is 23.3 Å². The second-order valence-corrected chi connectivity index (χ2v) is 4.74. The van der Waals surface area contributed by atoms with Gasteiger partial charge in [-0.2, -0.15) is 0 Å². The number of carbonyl (C=O) groups excluding carboxylic acids is 1. The first kappa shape index (κ1) is 13.4. The molecule has 0 atom stereocenters. The number of benzene rings is 1. The molecule has 0 saturated heterocycles. The number of fused-ring (bicyclic) bond motifs is 1. The van der Waals surface area contributed by atoms with Gasteiger partial charge in [0.1, 0.15) is 0 Å². The van der Waals surface area contributed by atoms with E-state index in [1.807, 2.05) is 4.90 Å². The van der Waals surface area contributed by atoms with E-state index in [0.717, 1.165) is 25.1 Å². The van der Waals surface area contributed by atoms with Crippen LogP contribution in [0, 0.1) is 0 Å². The molecule has 102 valence electrons. The normalized spacial score (nSPS) is 14.5. The summed E-state index contributed by atoms with van der Waals surface area (Å²) in [5, 5.41) is 9.03. The summed E-state index contributed by atoms with van der Waals surface area (Å²) >= 11 is 0. The van der Waals surface area contributed by atoms with Crippen LogP contribution in [0.5, 0.6) is 0 Å². The molecule has 0 radical (unpaired) electrons. The fourth-order valence-corrected chi connectivity index (χ4v) is 2.23. The summed E-state index contributed by atoms with van der Waals surface area (Å²) in [7, 11) is 1.68. The zero-order chi connectivity index (χ0) is 14.0. The lowest BCUT2D eigenvalue weighted by Gasteiger charge is -2.35. The summed E-state index contributed by atoms with van der Waals surface area (Å²) in [5.41, 5.74) is 1.81. The van der Waals surface area contributed by atoms with E-state index in [1.165, 1.54) is 4.90 Å². The van der Waals surface area contributed by atoms with Crippen LogP contribution in [0.2, 0.25) is 0 Å². The number of likely N-dealkylation sites (N-methyl/N-ethyl adjacent to an activating group) is 1. The molecule has 5 heteroatoms. The van der Waals surface area contributed by atoms with Crippen LogP contribution in [0.4, 0.5) is 11.4 Å². The molecule has 1 aromatic carbocycles. The summed E-state index contributed by atoms with van der Waals surface area (Å²) in [5.74, 6) is -0.986. The summed E-state index contributed by atoms with van der Waals surface area (Å²) in [6.07, 6.45) is 2.07. The van der Waals surface area contributed by atoms with Crippen molar-refractivity contribution in [2.75, 3.05) is 29.9 Å². The molecule has 1 N–H and O–H groups in total. The zero-order valence-electron chi connectivity index (χ0n) is 11.2. The Morgan fingerprint density at radius 2 is 2.11 bits per heavy atom. The molecule has 0 aromatic heterocycles. The number of amides is 1. The fraction of sp³-hybridized carbons (Fsp3) is 0.429. The highest BCUT2D eigenvalue weighted by Gasteiger charge is 2.27. The average molecular weight is 262 g/mol. The van der Waals surface area contributed by atoms with Gasteiger partial charge in [0.2, 0.25) is 5.91 Å². The van der Waals surface area contributed by atoms with Crippen molar-refractivity contribution in [1.29, 1.82) is 0 Å². The number of unbranched alkanes of at least 4 members (excludes halogenated alkanes) is 1. The minimum Gasteiger partial charge on any atom is -0.478 e. The van der Waals surface area contributed by atoms with E-state index in [2.05, 4.69) is 6.92 Å². The van der Waals surface area contributed by atoms with Gasteiger partial charge in [-0.3, -0.25) is 4.79 Å². The lowest BCUT2D eigenvalue weighted by molar-refractivity contribution is -0.117. The molecule has 1 heterocycles. The number of nitrogens with zero attached hydrogens (tertiary/aromatic N) is 2. The average Bonchev–Trinajstić information content (AvgIpc) is 2.40. The minimum absolute atomic E-state index is 0.00820. The Hall–Kier alpha value is -2.04. The minimum atomic E-state index is -0.977. The van der Waals surface area contributed by atoms with Gasteiger partial charge >= 0.3 is 5.97 Å². The zero-order valence-corrected chi connectivity index (χ0v) is 11.2. The van der Waals surface area contributed by atoms with Crippen LogP contribution in [0.3, 0.4) is 0 Å². The first-order valence-corrected chi connectivity index (χ1v) is 6.43. The molecular weight excluding hydrogens is 244 g/mol. The van der Waals surface area contributed by atoms with Gasteiger partial charge in [0.25, 0.3) is 0 Å². The van der Waals surface area contributed by atoms with E-state index in [9.17, 15) is 9.59 Å². The maximum absolute atomic E-state index is 11.9. The van der Waals surface area contributed by atoms with Crippen molar-refractivity contribution in [2.24, 2.45) is 0 Å². The second kappa shape index (κ2) is 5.30. The first-order chi connectivity index (χ1) is 9.04. The standard InChI is InChI=1S/C14H18N2O3/c1-3-4-7-16-9-13(17)15(2)12-8-10(14(18)19)5-6-11(12)16/h5-6,8H,3-4,7,9H2,1-2H3,(H,18,19). The first-order valence-electron chi connectivity index (χ1n) is 6.43. The number of hydrogen-bond donors (Lipinski definition) is 1. The Labute approximate surface area is 112 Å². The van der Waals surface area contributed by atoms with Crippen LogP contribution in [0.25, 0.3) is 0 Å². The van der Waals surface area contributed by atoms with Crippen molar-refractivity contribution < 1.29 is 14.7 Å². The van der Waals surface area contributed by atoms with Gasteiger partial charge in [-0.1, -0.05) is 13.3 Å². The van der Waals surface area contributed by atoms with Crippen LogP contribution in [-0.4, -0.2) is 37.1 Å². The molecule has 0 fully saturated rings. The number of anilines is 2. The Kier molecular flexibility index (Phi) is 3.74. The predicted octanol–water partition coefficient (Wildman–Crippen LogP) is 1.97. The van der Waals surface area contributed by atoms with Crippen molar-refractivity contribution in [3.05, 3.63) is 23.8 Å². The second-order valence-electron chi connectivity index (χ2n) is 4.74. The van der Waals surface area contributed by atoms with Crippen molar-refractivity contribution in [1.82, 2.24) is 0 Å². The SMILES string of the molecule is CCCCN1CC(=O)N(C)c2cc(C(=O)O)ccc21. The summed E-state index contributed by atoms with van der Waals surface area (Å²) in [6.45, 7) is 3.28. The molecule has 0 saturated carbocycles. The number of carbonyl (C=O) groups is 2. The molecule has 19 heavy (non-hydrogen) atoms. The Bertz CT molecular complexity index is 513. The monoisotopic (exact) mass is 262 g/mol. The number of aromatic carboxylic acids is 1. The topological polar surface area (TPSA) is 60.9 Å². The van der Waals surface area contributed by atoms with Crippen molar-refractivity contribution in [3.8, 4) is 0 Å². The molecule has 0 bridgehead atoms. The van der Waals surface area contributed by atoms with Gasteiger partial charge in [-0.25, -0.2) is 4.79 Å². The summed E-state index contributed by atoms with van der Waals surface area (Å²) < 4.78 is 0. The third kappa shape index (κ3) is 2.54. The molecule has 2 rings (SSSR count). The van der Waals surface area contributed by atoms with Crippen LogP contribution in [0.1, 0.15) is 30.1 Å². The molecule has 1 aliphatic rings. The Morgan fingerprint density at radius 1 is 1.37 bits per heavy atom. The van der Waals surface area contributed by atoms with Gasteiger partial charge in [0.15, 0.2) is 0 Å². The Balaban J connectivity index is 2.40. The van der Waals surface area contributed by atoms with E-state index >= 15 is 0 Å². The summed E-state index contributed by atoms with van der Waals surface area (Å²) in [4.78, 5) is 26.5. The van der Waals surface area contributed by atoms with Gasteiger partial charge < -0.3 is 14.9 Å². The van der Waals surface area contributed by atoms with E-state index in [-0.39, 0.29) is 11.5 Å². The van der Waals surface area contributed by atoms with Crippen LogP contribution >= 0.6 is 0 Å². The molecule has 0 aliphatic carbocycles. The highest BCUT2D eigenvalue weighted by molar-refractivity contribution is 6.04. The van der Waals surface area contributed by atoms with Crippen LogP contribution in [-0.2, 0) is 4.79 Å². The van der Waals surface area contributed by atoms with Gasteiger partial charge in [-0.15, -0.1) is 0 Å². The molecule has 5 nitrogen and oxygen atoms in total. The fourth-order valence-electron chi connectivity index (χ4n) is 2.23. The molecule has 1 aliphatic heterocycles. The van der Waals surface area contributed by atoms with Gasteiger partial charge in [-0.05, 0) is 24.6 Å². The predicted molar refractivity (Wildman–Crippen MR) is 73.9 cm³/mol. The number of carboxylic acids is 1. The molecule has 0 unspecified atom stereocenters. The maximum Gasteiger partial charge on any atom is 0.335 e. The summed E-state index contributed by atoms with van der Waals surface area (Å²) in [6, 6.07) is 4.94. The van der Waals surface area contributed by atoms with E-state index in [1.54, 1.807) is 25.2 Å². The lowest BCUT2D eigenvalue weighted by atomic mass is 10.1. The molecule has 1 aromatic rings. The highest BCUT2D eigenvalue weighted by atomic mass is 16.4. The largest absolute Gasteiger partial charge is 0.478 e. The van der Waals surface area contributed by atoms with E-state index < -0.39 is 5.97 Å². The van der Waals surface area contributed by atoms with Gasteiger partial charge in [0.05, 0.1) is 23.5 Å². The lowest BCUT2D eigenvalue weighted by Crippen LogP contribution is -2.44. The molecular formula is C14H18N2O3. The van der Waals surface area contributed by atoms with Crippen LogP contribution in [0.15, 0.2) is 18.2 Å². The van der Waals surface area contributed by atoms with E-state index in [0.29, 0.717) is 12.2 Å². The van der Waals surface area contributed by atoms with Crippen molar-refractivity contribution in [2.45, 2.75) is 19.8 Å². The Morgan fingerprint density at radius 3 is 2.74 bits per heavy atom. The number of carboxylic acid groups (broad SMARTS) is 1. The molecule has 0 spiro atoms. The van der Waals surface area contributed by atoms with E-state index in [4.69, 9.17) is 5.11 Å². The smallest absolute Gasteiger partial charge is 0.335 e. The third-order valence-electron chi connectivity index (χ3n) is 3.41. The molecule has 1 amide bonds. The van der Waals surface area contributed by atoms with Gasteiger partial charge in [0, 0.05) is 13.6 Å². The quantitative estimate of drug-likeness (QED) is 0.901. The van der Waals surface area contributed by atoms with Crippen molar-refractivity contribution in [3.63, 3.8) is 0 Å². The highest BCUT2D eigenvalue weighted by Crippen LogP contribution is 2.33.